The maximum atomic E-state index is 12.8. The Labute approximate surface area is 169 Å². The average Bonchev–Trinajstić information content (AvgIpc) is 3.00. The van der Waals surface area contributed by atoms with Crippen molar-refractivity contribution in [1.82, 2.24) is 24.4 Å². The van der Waals surface area contributed by atoms with Gasteiger partial charge in [-0.25, -0.2) is 19.7 Å². The first-order chi connectivity index (χ1) is 13.7. The van der Waals surface area contributed by atoms with E-state index in [0.29, 0.717) is 29.9 Å². The summed E-state index contributed by atoms with van der Waals surface area (Å²) in [6.45, 7) is 6.33. The number of fused-ring (bicyclic) bond motifs is 2. The first-order valence-corrected chi connectivity index (χ1v) is 9.97. The van der Waals surface area contributed by atoms with E-state index in [9.17, 15) is 9.90 Å². The number of nitrogens with two attached hydrogens (primary N) is 1. The van der Waals surface area contributed by atoms with Gasteiger partial charge in [-0.2, -0.15) is 0 Å². The summed E-state index contributed by atoms with van der Waals surface area (Å²) in [5.41, 5.74) is 6.38. The lowest BCUT2D eigenvalue weighted by Gasteiger charge is -2.41. The Kier molecular flexibility index (Phi) is 5.07. The fourth-order valence-electron chi connectivity index (χ4n) is 4.19. The van der Waals surface area contributed by atoms with E-state index in [1.165, 1.54) is 6.33 Å². The summed E-state index contributed by atoms with van der Waals surface area (Å²) < 4.78 is 13.4. The predicted molar refractivity (Wildman–Crippen MR) is 105 cm³/mol. The molecule has 0 aliphatic carbocycles. The number of hydrogen-bond acceptors (Lipinski definition) is 8. The molecule has 2 fully saturated rings. The van der Waals surface area contributed by atoms with Crippen molar-refractivity contribution in [2.75, 3.05) is 18.9 Å². The van der Waals surface area contributed by atoms with Crippen LogP contribution in [0.25, 0.3) is 11.2 Å². The van der Waals surface area contributed by atoms with Gasteiger partial charge in [0.15, 0.2) is 11.5 Å². The molecule has 4 heterocycles. The molecule has 2 aromatic rings. The standard InChI is InChI=1S/C19H28N6O4/c1-19(2,3)29-18(27)24-6-4-5-14-12(24)7-11(13(26)8-28-14)25-10-23-15-16(20)21-9-22-17(15)25/h9-14,26H,4-8H2,1-3H3,(H2,20,21,22)/t11-,12-,13-,14-/m1/s1. The molecule has 4 rings (SSSR count). The highest BCUT2D eigenvalue weighted by molar-refractivity contribution is 5.81. The number of piperidine rings is 1. The van der Waals surface area contributed by atoms with Gasteiger partial charge in [0.2, 0.25) is 0 Å². The van der Waals surface area contributed by atoms with Crippen LogP contribution in [-0.2, 0) is 9.47 Å². The Morgan fingerprint density at radius 1 is 1.31 bits per heavy atom. The molecule has 4 atom stereocenters. The molecular weight excluding hydrogens is 376 g/mol. The van der Waals surface area contributed by atoms with E-state index >= 15 is 0 Å². The number of rotatable bonds is 1. The van der Waals surface area contributed by atoms with Crippen molar-refractivity contribution in [3.05, 3.63) is 12.7 Å². The molecule has 2 aliphatic rings. The molecule has 10 heteroatoms. The largest absolute Gasteiger partial charge is 0.444 e. The highest BCUT2D eigenvalue weighted by Gasteiger charge is 2.43. The van der Waals surface area contributed by atoms with E-state index in [2.05, 4.69) is 15.0 Å². The Hall–Kier alpha value is -2.46. The molecule has 2 aliphatic heterocycles. The van der Waals surface area contributed by atoms with Crippen molar-refractivity contribution in [2.45, 2.75) is 69.9 Å². The number of amides is 1. The Balaban J connectivity index is 1.66. The topological polar surface area (TPSA) is 129 Å². The maximum absolute atomic E-state index is 12.8. The lowest BCUT2D eigenvalue weighted by molar-refractivity contribution is -0.0562. The van der Waals surface area contributed by atoms with Crippen molar-refractivity contribution in [3.63, 3.8) is 0 Å². The number of nitrogen functional groups attached to an aromatic ring is 1. The van der Waals surface area contributed by atoms with Gasteiger partial charge >= 0.3 is 6.09 Å². The number of hydrogen-bond donors (Lipinski definition) is 2. The molecule has 2 saturated heterocycles. The number of carbonyl (C=O) groups excluding carboxylic acids is 1. The van der Waals surface area contributed by atoms with E-state index in [1.807, 2.05) is 25.3 Å². The second-order valence-corrected chi connectivity index (χ2v) is 8.71. The van der Waals surface area contributed by atoms with E-state index in [4.69, 9.17) is 15.2 Å². The van der Waals surface area contributed by atoms with Crippen LogP contribution in [0.4, 0.5) is 10.6 Å². The number of aliphatic hydroxyl groups excluding tert-OH is 1. The Morgan fingerprint density at radius 2 is 2.10 bits per heavy atom. The van der Waals surface area contributed by atoms with Crippen LogP contribution < -0.4 is 5.73 Å². The third-order valence-corrected chi connectivity index (χ3v) is 5.50. The number of carbonyl (C=O) groups is 1. The maximum Gasteiger partial charge on any atom is 0.410 e. The van der Waals surface area contributed by atoms with E-state index < -0.39 is 11.7 Å². The van der Waals surface area contributed by atoms with Gasteiger partial charge in [0, 0.05) is 6.54 Å². The van der Waals surface area contributed by atoms with Gasteiger partial charge in [-0.05, 0) is 40.0 Å². The molecule has 29 heavy (non-hydrogen) atoms. The monoisotopic (exact) mass is 404 g/mol. The first kappa shape index (κ1) is 19.8. The fraction of sp³-hybridized carbons (Fsp3) is 0.684. The molecule has 0 spiro atoms. The minimum absolute atomic E-state index is 0.148. The number of imidazole rings is 1. The van der Waals surface area contributed by atoms with Gasteiger partial charge in [-0.1, -0.05) is 0 Å². The molecule has 2 aromatic heterocycles. The fourth-order valence-corrected chi connectivity index (χ4v) is 4.19. The molecule has 10 nitrogen and oxygen atoms in total. The Bertz CT molecular complexity index is 894. The molecule has 0 bridgehead atoms. The minimum Gasteiger partial charge on any atom is -0.444 e. The number of aromatic nitrogens is 4. The van der Waals surface area contributed by atoms with Gasteiger partial charge in [0.1, 0.15) is 17.4 Å². The summed E-state index contributed by atoms with van der Waals surface area (Å²) in [5.74, 6) is 0.291. The molecule has 0 radical (unpaired) electrons. The van der Waals surface area contributed by atoms with Crippen LogP contribution in [0.3, 0.4) is 0 Å². The van der Waals surface area contributed by atoms with Crippen molar-refractivity contribution in [2.24, 2.45) is 0 Å². The molecular formula is C19H28N6O4. The first-order valence-electron chi connectivity index (χ1n) is 9.97. The van der Waals surface area contributed by atoms with Crippen LogP contribution in [0.1, 0.15) is 46.1 Å². The molecule has 158 valence electrons. The quantitative estimate of drug-likeness (QED) is 0.732. The summed E-state index contributed by atoms with van der Waals surface area (Å²) in [6, 6.07) is -0.579. The lowest BCUT2D eigenvalue weighted by atomic mass is 9.92. The van der Waals surface area contributed by atoms with Gasteiger partial charge in [-0.3, -0.25) is 0 Å². The third-order valence-electron chi connectivity index (χ3n) is 5.50. The number of likely N-dealkylation sites (tertiary alicyclic amines) is 1. The number of ether oxygens (including phenoxy) is 2. The number of anilines is 1. The number of nitrogens with zero attached hydrogens (tertiary/aromatic N) is 5. The molecule has 0 aromatic carbocycles. The van der Waals surface area contributed by atoms with Crippen LogP contribution in [0, 0.1) is 0 Å². The van der Waals surface area contributed by atoms with Crippen LogP contribution in [-0.4, -0.2) is 72.6 Å². The minimum atomic E-state index is -0.769. The van der Waals surface area contributed by atoms with E-state index in [1.54, 1.807) is 11.2 Å². The van der Waals surface area contributed by atoms with E-state index in [-0.39, 0.29) is 30.9 Å². The zero-order chi connectivity index (χ0) is 20.8. The van der Waals surface area contributed by atoms with Gasteiger partial charge < -0.3 is 29.8 Å². The summed E-state index contributed by atoms with van der Waals surface area (Å²) in [7, 11) is 0. The molecule has 3 N–H and O–H groups in total. The molecule has 1 amide bonds. The zero-order valence-electron chi connectivity index (χ0n) is 17.0. The van der Waals surface area contributed by atoms with Crippen LogP contribution in [0.5, 0.6) is 0 Å². The van der Waals surface area contributed by atoms with Crippen molar-refractivity contribution in [3.8, 4) is 0 Å². The summed E-state index contributed by atoms with van der Waals surface area (Å²) >= 11 is 0. The van der Waals surface area contributed by atoms with Crippen LogP contribution >= 0.6 is 0 Å². The molecule has 0 saturated carbocycles. The summed E-state index contributed by atoms with van der Waals surface area (Å²) in [6.07, 6.45) is 3.90. The SMILES string of the molecule is CC(C)(C)OC(=O)N1CCC[C@H]2OC[C@@H](O)[C@H](n3cnc4c(N)ncnc43)C[C@H]21. The summed E-state index contributed by atoms with van der Waals surface area (Å²) in [5, 5.41) is 10.8. The van der Waals surface area contributed by atoms with Crippen LogP contribution in [0.15, 0.2) is 12.7 Å². The van der Waals surface area contributed by atoms with Crippen molar-refractivity contribution >= 4 is 23.1 Å². The highest BCUT2D eigenvalue weighted by Crippen LogP contribution is 2.35. The van der Waals surface area contributed by atoms with Gasteiger partial charge in [0.05, 0.1) is 37.2 Å². The average molecular weight is 404 g/mol. The predicted octanol–water partition coefficient (Wildman–Crippen LogP) is 1.50. The third kappa shape index (κ3) is 3.86. The second kappa shape index (κ2) is 7.42. The highest BCUT2D eigenvalue weighted by atomic mass is 16.6. The van der Waals surface area contributed by atoms with Gasteiger partial charge in [-0.15, -0.1) is 0 Å². The Morgan fingerprint density at radius 3 is 2.86 bits per heavy atom. The second-order valence-electron chi connectivity index (χ2n) is 8.71. The smallest absolute Gasteiger partial charge is 0.410 e. The van der Waals surface area contributed by atoms with Crippen molar-refractivity contribution < 1.29 is 19.4 Å². The van der Waals surface area contributed by atoms with Crippen LogP contribution in [0.2, 0.25) is 0 Å². The number of aliphatic hydroxyl groups is 1. The molecule has 0 unspecified atom stereocenters. The normalized spacial score (nSPS) is 28.1. The lowest BCUT2D eigenvalue weighted by Crippen LogP contribution is -2.53. The zero-order valence-corrected chi connectivity index (χ0v) is 17.0. The van der Waals surface area contributed by atoms with E-state index in [0.717, 1.165) is 12.8 Å². The van der Waals surface area contributed by atoms with Gasteiger partial charge in [0.25, 0.3) is 0 Å². The summed E-state index contributed by atoms with van der Waals surface area (Å²) in [4.78, 5) is 27.2. The van der Waals surface area contributed by atoms with Crippen molar-refractivity contribution in [1.29, 1.82) is 0 Å².